The molecule has 8 rings (SSSR count). The minimum absolute atomic E-state index is 0.0688. The van der Waals surface area contributed by atoms with Crippen molar-refractivity contribution in [1.29, 1.82) is 0 Å². The molecule has 3 aliphatic heterocycles. The van der Waals surface area contributed by atoms with Gasteiger partial charge in [-0.15, -0.1) is 11.8 Å². The van der Waals surface area contributed by atoms with Crippen LogP contribution in [0.2, 0.25) is 5.02 Å². The van der Waals surface area contributed by atoms with Crippen LogP contribution in [0.25, 0.3) is 11.1 Å². The lowest BCUT2D eigenvalue weighted by Crippen LogP contribution is -2.46. The average Bonchev–Trinajstić information content (AvgIpc) is 3.47. The van der Waals surface area contributed by atoms with Crippen LogP contribution in [0.4, 0.5) is 11.4 Å². The van der Waals surface area contributed by atoms with Crippen LogP contribution in [0.3, 0.4) is 0 Å². The average molecular weight is 849 g/mol. The lowest BCUT2D eigenvalue weighted by Gasteiger charge is -2.36. The largest absolute Gasteiger partial charge is 0.381 e. The minimum atomic E-state index is -4.10. The lowest BCUT2D eigenvalue weighted by molar-refractivity contribution is 0.0981. The molecule has 3 atom stereocenters. The third-order valence-corrected chi connectivity index (χ3v) is 15.1. The highest BCUT2D eigenvalue weighted by atomic mass is 35.5. The van der Waals surface area contributed by atoms with Crippen molar-refractivity contribution in [2.24, 2.45) is 0 Å². The zero-order valence-electron chi connectivity index (χ0n) is 33.7. The first-order chi connectivity index (χ1) is 28.7. The Hall–Kier alpha value is -4.32. The van der Waals surface area contributed by atoms with Gasteiger partial charge in [-0.05, 0) is 128 Å². The predicted molar refractivity (Wildman–Crippen MR) is 243 cm³/mol. The molecule has 5 aromatic rings. The molecule has 1 amide bonds. The Morgan fingerprint density at radius 2 is 1.51 bits per heavy atom. The number of carbonyl (C=O) groups excluding carboxylic acids is 1. The number of carbonyl (C=O) groups is 1. The number of fused-ring (bicyclic) bond motifs is 2. The Bertz CT molecular complexity index is 2290. The molecular weight excluding hydrogens is 794 g/mol. The van der Waals surface area contributed by atoms with Crippen LogP contribution in [0.1, 0.15) is 60.0 Å². The van der Waals surface area contributed by atoms with Gasteiger partial charge in [-0.3, -0.25) is 14.6 Å². The molecule has 5 aromatic carbocycles. The van der Waals surface area contributed by atoms with E-state index >= 15 is 0 Å². The number of amides is 1. The highest BCUT2D eigenvalue weighted by Gasteiger charge is 2.36. The van der Waals surface area contributed by atoms with Crippen LogP contribution in [0.15, 0.2) is 131 Å². The van der Waals surface area contributed by atoms with Crippen LogP contribution < -0.4 is 14.9 Å². The van der Waals surface area contributed by atoms with Gasteiger partial charge in [-0.25, -0.2) is 13.1 Å². The fraction of sp³-hybridized carbons (Fsp3) is 0.354. The number of piperazine rings is 1. The van der Waals surface area contributed by atoms with E-state index in [-0.39, 0.29) is 10.9 Å². The Kier molecular flexibility index (Phi) is 13.3. The Morgan fingerprint density at radius 1 is 0.814 bits per heavy atom. The summed E-state index contributed by atoms with van der Waals surface area (Å²) in [4.78, 5) is 22.1. The first kappa shape index (κ1) is 41.4. The van der Waals surface area contributed by atoms with E-state index < -0.39 is 15.9 Å². The number of rotatable bonds is 15. The summed E-state index contributed by atoms with van der Waals surface area (Å²) in [5, 5.41) is 4.50. The number of piperidine rings is 1. The molecule has 3 saturated heterocycles. The van der Waals surface area contributed by atoms with Crippen molar-refractivity contribution >= 4 is 50.7 Å². The van der Waals surface area contributed by atoms with E-state index in [2.05, 4.69) is 85.4 Å². The van der Waals surface area contributed by atoms with Gasteiger partial charge in [-0.1, -0.05) is 72.6 Å². The van der Waals surface area contributed by atoms with Gasteiger partial charge >= 0.3 is 0 Å². The highest BCUT2D eigenvalue weighted by Crippen LogP contribution is 2.36. The van der Waals surface area contributed by atoms with Gasteiger partial charge in [0.2, 0.25) is 0 Å². The monoisotopic (exact) mass is 847 g/mol. The summed E-state index contributed by atoms with van der Waals surface area (Å²) in [5.74, 6) is 0.253. The van der Waals surface area contributed by atoms with Crippen molar-refractivity contribution in [2.45, 2.75) is 79.9 Å². The second-order valence-corrected chi connectivity index (χ2v) is 19.4. The van der Waals surface area contributed by atoms with E-state index in [0.29, 0.717) is 5.56 Å². The summed E-state index contributed by atoms with van der Waals surface area (Å²) in [5.41, 5.74) is 6.69. The van der Waals surface area contributed by atoms with Crippen molar-refractivity contribution in [2.75, 3.05) is 48.7 Å². The number of nitrogens with zero attached hydrogens (tertiary/aromatic N) is 3. The van der Waals surface area contributed by atoms with Crippen molar-refractivity contribution in [3.05, 3.63) is 143 Å². The predicted octanol–water partition coefficient (Wildman–Crippen LogP) is 9.74. The minimum Gasteiger partial charge on any atom is -0.381 e. The van der Waals surface area contributed by atoms with Crippen molar-refractivity contribution < 1.29 is 13.2 Å². The second kappa shape index (κ2) is 18.9. The molecule has 0 spiro atoms. The molecule has 8 nitrogen and oxygen atoms in total. The van der Waals surface area contributed by atoms with E-state index in [0.717, 1.165) is 91.1 Å². The molecule has 2 bridgehead atoms. The summed E-state index contributed by atoms with van der Waals surface area (Å²) in [7, 11) is -4.10. The Labute approximate surface area is 359 Å². The van der Waals surface area contributed by atoms with Gasteiger partial charge < -0.3 is 10.2 Å². The maximum absolute atomic E-state index is 13.5. The first-order valence-corrected chi connectivity index (χ1v) is 23.8. The molecule has 0 saturated carbocycles. The molecule has 3 aliphatic rings. The normalized spacial score (nSPS) is 19.1. The number of thioether (sulfide) groups is 1. The topological polar surface area (TPSA) is 85.0 Å². The molecule has 308 valence electrons. The van der Waals surface area contributed by atoms with E-state index in [1.54, 1.807) is 24.3 Å². The van der Waals surface area contributed by atoms with Crippen LogP contribution in [0, 0.1) is 6.92 Å². The smallest absolute Gasteiger partial charge is 0.264 e. The number of sulfonamides is 1. The van der Waals surface area contributed by atoms with Crippen molar-refractivity contribution in [3.63, 3.8) is 0 Å². The number of nitrogens with one attached hydrogen (secondary N) is 2. The molecule has 59 heavy (non-hydrogen) atoms. The fourth-order valence-corrected chi connectivity index (χ4v) is 11.2. The van der Waals surface area contributed by atoms with Crippen molar-refractivity contribution in [1.82, 2.24) is 14.5 Å². The summed E-state index contributed by atoms with van der Waals surface area (Å²) in [6.45, 7) is 7.34. The number of hydrogen-bond acceptors (Lipinski definition) is 8. The SMILES string of the molecule is Cc1cc(S(=O)(=O)NC(=O)c2ccc(N3CCN(Cc4ccccc4-c4ccc(Cl)cc4)CC3)cc2)ccc1N[C@H](CCN1[C@@H]2CCC[C@H]1CC2)CSc1ccccc1. The third-order valence-electron chi connectivity index (χ3n) is 12.3. The summed E-state index contributed by atoms with van der Waals surface area (Å²) in [6, 6.07) is 40.9. The van der Waals surface area contributed by atoms with Crippen LogP contribution in [-0.2, 0) is 16.6 Å². The third kappa shape index (κ3) is 10.4. The Balaban J connectivity index is 0.854. The maximum atomic E-state index is 13.5. The van der Waals surface area contributed by atoms with Gasteiger partial charge in [0.15, 0.2) is 0 Å². The molecule has 0 radical (unpaired) electrons. The zero-order valence-corrected chi connectivity index (χ0v) is 36.1. The van der Waals surface area contributed by atoms with E-state index in [1.807, 2.05) is 55.1 Å². The molecule has 3 fully saturated rings. The quantitative estimate of drug-likeness (QED) is 0.101. The number of benzene rings is 5. The first-order valence-electron chi connectivity index (χ1n) is 21.0. The summed E-state index contributed by atoms with van der Waals surface area (Å²) in [6.07, 6.45) is 7.62. The number of halogens is 1. The number of anilines is 2. The molecular formula is C48H54ClN5O3S2. The van der Waals surface area contributed by atoms with E-state index in [9.17, 15) is 13.2 Å². The molecule has 0 aromatic heterocycles. The molecule has 3 heterocycles. The number of hydrogen-bond donors (Lipinski definition) is 2. The van der Waals surface area contributed by atoms with Crippen LogP contribution >= 0.6 is 23.4 Å². The fourth-order valence-electron chi connectivity index (χ4n) is 9.03. The molecule has 0 unspecified atom stereocenters. The van der Waals surface area contributed by atoms with Crippen LogP contribution in [-0.4, -0.2) is 80.7 Å². The summed E-state index contributed by atoms with van der Waals surface area (Å²) < 4.78 is 29.3. The number of aryl methyl sites for hydroxylation is 1. The standard InChI is InChI=1S/C48H54ClN5O3S2/c1-35-32-45(24-25-47(35)50-40(34-58-44-11-3-2-4-12-44)26-27-54-42-9-7-10-43(54)23-22-42)59(56,57)51-48(55)37-16-20-41(21-17-37)53-30-28-52(29-31-53)33-38-8-5-6-13-46(38)36-14-18-39(49)19-15-36/h2-6,8,11-21,24-25,32,40,42-43,50H,7,9-10,22-23,26-31,33-34H2,1H3,(H,51,55)/t40-,42-,43+/m1/s1. The van der Waals surface area contributed by atoms with Crippen LogP contribution in [0.5, 0.6) is 0 Å². The summed E-state index contributed by atoms with van der Waals surface area (Å²) >= 11 is 7.99. The van der Waals surface area contributed by atoms with Gasteiger partial charge in [0.1, 0.15) is 0 Å². The zero-order chi connectivity index (χ0) is 40.8. The maximum Gasteiger partial charge on any atom is 0.264 e. The van der Waals surface area contributed by atoms with E-state index in [1.165, 1.54) is 48.1 Å². The Morgan fingerprint density at radius 3 is 2.22 bits per heavy atom. The molecule has 11 heteroatoms. The van der Waals surface area contributed by atoms with Gasteiger partial charge in [0, 0.05) is 90.0 Å². The molecule has 2 N–H and O–H groups in total. The van der Waals surface area contributed by atoms with Gasteiger partial charge in [0.05, 0.1) is 4.90 Å². The lowest BCUT2D eigenvalue weighted by atomic mass is 9.99. The highest BCUT2D eigenvalue weighted by molar-refractivity contribution is 7.99. The van der Waals surface area contributed by atoms with Crippen molar-refractivity contribution in [3.8, 4) is 11.1 Å². The molecule has 0 aliphatic carbocycles. The van der Waals surface area contributed by atoms with Gasteiger partial charge in [0.25, 0.3) is 15.9 Å². The van der Waals surface area contributed by atoms with E-state index in [4.69, 9.17) is 11.6 Å². The van der Waals surface area contributed by atoms with Gasteiger partial charge in [-0.2, -0.15) is 0 Å². The second-order valence-electron chi connectivity index (χ2n) is 16.2.